The Kier molecular flexibility index (Phi) is 5.80. The first-order chi connectivity index (χ1) is 12.7. The molecule has 0 bridgehead atoms. The van der Waals surface area contributed by atoms with Crippen molar-refractivity contribution >= 4 is 34.9 Å². The second-order valence-electron chi connectivity index (χ2n) is 5.72. The van der Waals surface area contributed by atoms with Crippen molar-refractivity contribution in [2.75, 3.05) is 10.6 Å². The molecular formula is C19H19N3O3S. The molecule has 0 aliphatic carbocycles. The van der Waals surface area contributed by atoms with Crippen LogP contribution in [0.4, 0.5) is 11.7 Å². The van der Waals surface area contributed by atoms with Crippen molar-refractivity contribution < 1.29 is 14.0 Å². The molecule has 6 nitrogen and oxygen atoms in total. The number of oxazole rings is 1. The average molecular weight is 369 g/mol. The predicted molar refractivity (Wildman–Crippen MR) is 102 cm³/mol. The number of hydrogen-bond acceptors (Lipinski definition) is 5. The Bertz CT molecular complexity index is 870. The van der Waals surface area contributed by atoms with Crippen molar-refractivity contribution in [1.82, 2.24) is 4.98 Å². The molecule has 0 aliphatic rings. The Morgan fingerprint density at radius 1 is 1.12 bits per heavy atom. The maximum absolute atomic E-state index is 12.3. The molecule has 0 spiro atoms. The van der Waals surface area contributed by atoms with Crippen LogP contribution in [0, 0.1) is 0 Å². The number of benzene rings is 1. The number of aryl methyl sites for hydroxylation is 1. The number of anilines is 2. The number of nitrogens with one attached hydrogen (secondary N) is 2. The zero-order chi connectivity index (χ0) is 18.4. The molecule has 2 heterocycles. The van der Waals surface area contributed by atoms with E-state index in [1.54, 1.807) is 17.5 Å². The summed E-state index contributed by atoms with van der Waals surface area (Å²) >= 11 is 1.31. The number of rotatable bonds is 7. The molecule has 0 atom stereocenters. The number of carbonyl (C=O) groups is 2. The quantitative estimate of drug-likeness (QED) is 0.638. The van der Waals surface area contributed by atoms with Crippen molar-refractivity contribution in [3.05, 3.63) is 64.2 Å². The van der Waals surface area contributed by atoms with Gasteiger partial charge in [-0.3, -0.25) is 14.9 Å². The van der Waals surface area contributed by atoms with Crippen LogP contribution in [0.2, 0.25) is 0 Å². The molecule has 0 fully saturated rings. The predicted octanol–water partition coefficient (Wildman–Crippen LogP) is 4.58. The van der Waals surface area contributed by atoms with Crippen LogP contribution in [-0.4, -0.2) is 16.8 Å². The van der Waals surface area contributed by atoms with E-state index in [2.05, 4.69) is 22.5 Å². The molecule has 0 unspecified atom stereocenters. The summed E-state index contributed by atoms with van der Waals surface area (Å²) in [6.07, 6.45) is 4.54. The summed E-state index contributed by atoms with van der Waals surface area (Å²) < 4.78 is 5.16. The third-order valence-electron chi connectivity index (χ3n) is 3.73. The maximum atomic E-state index is 12.3. The molecule has 0 saturated heterocycles. The maximum Gasteiger partial charge on any atom is 0.302 e. The number of carbonyl (C=O) groups excluding carboxylic acids is 2. The van der Waals surface area contributed by atoms with E-state index in [1.165, 1.54) is 23.2 Å². The highest BCUT2D eigenvalue weighted by Crippen LogP contribution is 2.16. The Morgan fingerprint density at radius 3 is 2.62 bits per heavy atom. The van der Waals surface area contributed by atoms with E-state index < -0.39 is 5.91 Å². The van der Waals surface area contributed by atoms with Crippen LogP contribution < -0.4 is 10.6 Å². The van der Waals surface area contributed by atoms with Crippen LogP contribution in [0.5, 0.6) is 0 Å². The molecule has 0 aliphatic heterocycles. The van der Waals surface area contributed by atoms with Gasteiger partial charge in [-0.2, -0.15) is 4.98 Å². The molecule has 2 N–H and O–H groups in total. The van der Waals surface area contributed by atoms with Crippen LogP contribution in [0.25, 0.3) is 0 Å². The summed E-state index contributed by atoms with van der Waals surface area (Å²) in [5.74, 6) is -0.719. The normalized spacial score (nSPS) is 10.5. The fourth-order valence-corrected chi connectivity index (χ4v) is 2.95. The first-order valence-electron chi connectivity index (χ1n) is 8.36. The van der Waals surface area contributed by atoms with Crippen LogP contribution in [0.1, 0.15) is 45.5 Å². The fraction of sp³-hybridized carbons (Fsp3) is 0.211. The lowest BCUT2D eigenvalue weighted by Gasteiger charge is -2.04. The SMILES string of the molecule is CCCCc1ccc(NC(=O)c2coc(NC(=O)c3cccs3)n2)cc1. The van der Waals surface area contributed by atoms with Crippen molar-refractivity contribution in [3.8, 4) is 0 Å². The number of nitrogens with zero attached hydrogens (tertiary/aromatic N) is 1. The summed E-state index contributed by atoms with van der Waals surface area (Å²) in [4.78, 5) is 28.8. The van der Waals surface area contributed by atoms with Gasteiger partial charge in [0.25, 0.3) is 11.8 Å². The summed E-state index contributed by atoms with van der Waals surface area (Å²) in [7, 11) is 0. The Balaban J connectivity index is 1.58. The lowest BCUT2D eigenvalue weighted by atomic mass is 10.1. The minimum Gasteiger partial charge on any atom is -0.431 e. The van der Waals surface area contributed by atoms with Gasteiger partial charge in [-0.15, -0.1) is 11.3 Å². The lowest BCUT2D eigenvalue weighted by Crippen LogP contribution is -2.13. The number of hydrogen-bond donors (Lipinski definition) is 2. The Hall–Kier alpha value is -2.93. The summed E-state index contributed by atoms with van der Waals surface area (Å²) in [5, 5.41) is 7.09. The van der Waals surface area contributed by atoms with Gasteiger partial charge in [0.2, 0.25) is 0 Å². The molecule has 3 rings (SSSR count). The van der Waals surface area contributed by atoms with Crippen LogP contribution in [0.15, 0.2) is 52.5 Å². The fourth-order valence-electron chi connectivity index (χ4n) is 2.33. The van der Waals surface area contributed by atoms with Crippen molar-refractivity contribution in [3.63, 3.8) is 0 Å². The third kappa shape index (κ3) is 4.58. The van der Waals surface area contributed by atoms with Gasteiger partial charge in [-0.1, -0.05) is 31.5 Å². The van der Waals surface area contributed by atoms with Gasteiger partial charge in [0.1, 0.15) is 6.26 Å². The number of unbranched alkanes of at least 4 members (excludes halogenated alkanes) is 1. The first kappa shape index (κ1) is 17.9. The molecule has 0 saturated carbocycles. The van der Waals surface area contributed by atoms with E-state index in [1.807, 2.05) is 24.3 Å². The first-order valence-corrected chi connectivity index (χ1v) is 9.24. The monoisotopic (exact) mass is 369 g/mol. The summed E-state index contributed by atoms with van der Waals surface area (Å²) in [5.41, 5.74) is 2.02. The summed E-state index contributed by atoms with van der Waals surface area (Å²) in [6.45, 7) is 2.16. The molecule has 1 aromatic carbocycles. The van der Waals surface area contributed by atoms with Crippen molar-refractivity contribution in [2.24, 2.45) is 0 Å². The van der Waals surface area contributed by atoms with E-state index in [-0.39, 0.29) is 17.6 Å². The van der Waals surface area contributed by atoms with Gasteiger partial charge in [0, 0.05) is 5.69 Å². The highest BCUT2D eigenvalue weighted by atomic mass is 32.1. The molecule has 26 heavy (non-hydrogen) atoms. The Labute approximate surface area is 155 Å². The molecule has 134 valence electrons. The smallest absolute Gasteiger partial charge is 0.302 e. The average Bonchev–Trinajstić information content (AvgIpc) is 3.33. The molecule has 2 amide bonds. The zero-order valence-electron chi connectivity index (χ0n) is 14.3. The van der Waals surface area contributed by atoms with Gasteiger partial charge in [0.05, 0.1) is 4.88 Å². The topological polar surface area (TPSA) is 84.2 Å². The highest BCUT2D eigenvalue weighted by Gasteiger charge is 2.15. The standard InChI is InChI=1S/C19H19N3O3S/c1-2-3-5-13-7-9-14(10-8-13)20-17(23)15-12-25-19(21-15)22-18(24)16-6-4-11-26-16/h4,6-12H,2-3,5H2,1H3,(H,20,23)(H,21,22,24). The van der Waals surface area contributed by atoms with Crippen LogP contribution in [0.3, 0.4) is 0 Å². The largest absolute Gasteiger partial charge is 0.431 e. The van der Waals surface area contributed by atoms with Crippen LogP contribution in [-0.2, 0) is 6.42 Å². The lowest BCUT2D eigenvalue weighted by molar-refractivity contribution is 0.101. The molecule has 3 aromatic rings. The molecule has 0 radical (unpaired) electrons. The van der Waals surface area contributed by atoms with Gasteiger partial charge >= 0.3 is 6.01 Å². The zero-order valence-corrected chi connectivity index (χ0v) is 15.1. The van der Waals surface area contributed by atoms with Gasteiger partial charge in [0.15, 0.2) is 5.69 Å². The van der Waals surface area contributed by atoms with Gasteiger partial charge < -0.3 is 9.73 Å². The number of thiophene rings is 1. The second kappa shape index (κ2) is 8.44. The van der Waals surface area contributed by atoms with E-state index in [0.29, 0.717) is 10.6 Å². The van der Waals surface area contributed by atoms with Crippen molar-refractivity contribution in [1.29, 1.82) is 0 Å². The van der Waals surface area contributed by atoms with E-state index in [4.69, 9.17) is 4.42 Å². The number of aromatic nitrogens is 1. The minimum atomic E-state index is -0.397. The second-order valence-corrected chi connectivity index (χ2v) is 6.67. The van der Waals surface area contributed by atoms with E-state index in [9.17, 15) is 9.59 Å². The molecular weight excluding hydrogens is 350 g/mol. The minimum absolute atomic E-state index is 0.0107. The molecule has 7 heteroatoms. The number of amides is 2. The van der Waals surface area contributed by atoms with Gasteiger partial charge in [-0.25, -0.2) is 0 Å². The highest BCUT2D eigenvalue weighted by molar-refractivity contribution is 7.12. The third-order valence-corrected chi connectivity index (χ3v) is 4.60. The van der Waals surface area contributed by atoms with Crippen LogP contribution >= 0.6 is 11.3 Å². The Morgan fingerprint density at radius 2 is 1.92 bits per heavy atom. The van der Waals surface area contributed by atoms with Gasteiger partial charge in [-0.05, 0) is 42.0 Å². The summed E-state index contributed by atoms with van der Waals surface area (Å²) in [6, 6.07) is 11.2. The van der Waals surface area contributed by atoms with E-state index >= 15 is 0 Å². The van der Waals surface area contributed by atoms with Crippen molar-refractivity contribution in [2.45, 2.75) is 26.2 Å². The molecule has 2 aromatic heterocycles. The van der Waals surface area contributed by atoms with E-state index in [0.717, 1.165) is 19.3 Å².